The van der Waals surface area contributed by atoms with E-state index in [1.54, 1.807) is 11.0 Å². The van der Waals surface area contributed by atoms with Crippen LogP contribution >= 0.6 is 0 Å². The first-order valence-electron chi connectivity index (χ1n) is 13.3. The summed E-state index contributed by atoms with van der Waals surface area (Å²) in [5, 5.41) is 11.6. The van der Waals surface area contributed by atoms with Gasteiger partial charge in [-0.3, -0.25) is 4.79 Å². The zero-order valence-electron chi connectivity index (χ0n) is 20.6. The zero-order valence-corrected chi connectivity index (χ0v) is 20.6. The van der Waals surface area contributed by atoms with Crippen molar-refractivity contribution >= 4 is 16.9 Å². The quantitative estimate of drug-likeness (QED) is 0.415. The molecule has 2 saturated carbocycles. The summed E-state index contributed by atoms with van der Waals surface area (Å²) in [6, 6.07) is 16.2. The summed E-state index contributed by atoms with van der Waals surface area (Å²) in [6.07, 6.45) is 12.7. The number of rotatable bonds is 6. The number of benzene rings is 2. The first kappa shape index (κ1) is 22.9. The number of tetrazole rings is 1. The van der Waals surface area contributed by atoms with Crippen LogP contribution in [0, 0.1) is 11.8 Å². The lowest BCUT2D eigenvalue weighted by atomic mass is 9.63. The van der Waals surface area contributed by atoms with Gasteiger partial charge in [0.2, 0.25) is 5.91 Å². The minimum absolute atomic E-state index is 0.200. The van der Waals surface area contributed by atoms with E-state index in [-0.39, 0.29) is 17.7 Å². The Morgan fingerprint density at radius 2 is 1.58 bits per heavy atom. The number of amides is 1. The van der Waals surface area contributed by atoms with Gasteiger partial charge in [0, 0.05) is 5.56 Å². The normalized spacial score (nSPS) is 18.0. The first-order chi connectivity index (χ1) is 17.7. The molecule has 2 fully saturated rings. The fourth-order valence-corrected chi connectivity index (χ4v) is 6.96. The Hall–Kier alpha value is -3.55. The average molecular weight is 484 g/mol. The molecule has 2 aromatic heterocycles. The molecule has 2 aliphatic carbocycles. The Morgan fingerprint density at radius 3 is 2.22 bits per heavy atom. The Morgan fingerprint density at radius 1 is 0.889 bits per heavy atom. The first-order valence-corrected chi connectivity index (χ1v) is 13.3. The number of para-hydroxylation sites is 2. The Labute approximate surface area is 210 Å². The molecule has 0 aliphatic heterocycles. The van der Waals surface area contributed by atoms with Crippen LogP contribution in [0.2, 0.25) is 0 Å². The third-order valence-electron chi connectivity index (χ3n) is 8.50. The Balaban J connectivity index is 1.63. The lowest BCUT2D eigenvalue weighted by Crippen LogP contribution is -2.58. The van der Waals surface area contributed by atoms with Crippen LogP contribution in [0.4, 0.5) is 0 Å². The van der Waals surface area contributed by atoms with Crippen molar-refractivity contribution in [3.8, 4) is 17.1 Å². The highest BCUT2D eigenvalue weighted by atomic mass is 16.1. The minimum Gasteiger partial charge on any atom is -0.368 e. The number of carbonyl (C=O) groups excluding carboxylic acids is 1. The van der Waals surface area contributed by atoms with Crippen LogP contribution in [0.1, 0.15) is 64.2 Å². The van der Waals surface area contributed by atoms with E-state index in [4.69, 9.17) is 10.7 Å². The summed E-state index contributed by atoms with van der Waals surface area (Å²) in [7, 11) is 0. The second-order valence-corrected chi connectivity index (χ2v) is 10.4. The van der Waals surface area contributed by atoms with Crippen LogP contribution in [0.5, 0.6) is 0 Å². The number of aromatic nitrogens is 6. The van der Waals surface area contributed by atoms with E-state index in [1.807, 2.05) is 36.4 Å². The van der Waals surface area contributed by atoms with Crippen LogP contribution in [-0.2, 0) is 10.3 Å². The molecule has 1 amide bonds. The summed E-state index contributed by atoms with van der Waals surface area (Å²) >= 11 is 0. The van der Waals surface area contributed by atoms with Gasteiger partial charge in [0.1, 0.15) is 17.7 Å². The van der Waals surface area contributed by atoms with Gasteiger partial charge < -0.3 is 10.3 Å². The third kappa shape index (κ3) is 3.70. The summed E-state index contributed by atoms with van der Waals surface area (Å²) in [5.74, 6) is 0.986. The van der Waals surface area contributed by atoms with Crippen molar-refractivity contribution in [2.75, 3.05) is 0 Å². The van der Waals surface area contributed by atoms with Crippen LogP contribution in [0.15, 0.2) is 54.9 Å². The number of imidazole rings is 1. The van der Waals surface area contributed by atoms with E-state index in [1.165, 1.54) is 12.8 Å². The van der Waals surface area contributed by atoms with E-state index < -0.39 is 5.54 Å². The molecule has 0 spiro atoms. The molecule has 0 saturated heterocycles. The van der Waals surface area contributed by atoms with Gasteiger partial charge >= 0.3 is 0 Å². The summed E-state index contributed by atoms with van der Waals surface area (Å²) in [4.78, 5) is 19.1. The summed E-state index contributed by atoms with van der Waals surface area (Å²) in [5.41, 5.74) is 9.38. The van der Waals surface area contributed by atoms with Crippen molar-refractivity contribution in [3.63, 3.8) is 0 Å². The second-order valence-electron chi connectivity index (χ2n) is 10.4. The number of primary amides is 1. The lowest BCUT2D eigenvalue weighted by Gasteiger charge is -2.48. The largest absolute Gasteiger partial charge is 0.368 e. The molecule has 8 heteroatoms. The SMILES string of the molecule is NC(=O)C(C1CCCCC1)(C1CCCCC1)n1c(-c2cccc(-n3cnnn3)c2)nc2ccccc21. The van der Waals surface area contributed by atoms with Crippen LogP contribution in [-0.4, -0.2) is 35.7 Å². The topological polar surface area (TPSA) is 105 Å². The molecule has 0 radical (unpaired) electrons. The smallest absolute Gasteiger partial charge is 0.244 e. The van der Waals surface area contributed by atoms with E-state index in [0.29, 0.717) is 0 Å². The molecule has 2 aromatic carbocycles. The molecule has 186 valence electrons. The van der Waals surface area contributed by atoms with Gasteiger partial charge in [-0.25, -0.2) is 9.67 Å². The number of nitrogens with zero attached hydrogens (tertiary/aromatic N) is 6. The molecule has 36 heavy (non-hydrogen) atoms. The van der Waals surface area contributed by atoms with E-state index in [2.05, 4.69) is 32.2 Å². The van der Waals surface area contributed by atoms with Gasteiger partial charge in [0.05, 0.1) is 16.7 Å². The van der Waals surface area contributed by atoms with Crippen molar-refractivity contribution < 1.29 is 4.79 Å². The third-order valence-corrected chi connectivity index (χ3v) is 8.50. The van der Waals surface area contributed by atoms with E-state index in [9.17, 15) is 4.79 Å². The molecule has 2 N–H and O–H groups in total. The molecule has 2 aliphatic rings. The maximum atomic E-state index is 13.9. The number of nitrogens with two attached hydrogens (primary N) is 1. The Kier molecular flexibility index (Phi) is 6.03. The predicted octanol–water partition coefficient (Wildman–Crippen LogP) is 5.02. The van der Waals surface area contributed by atoms with Gasteiger partial charge in [-0.05, 0) is 72.2 Å². The van der Waals surface area contributed by atoms with Gasteiger partial charge in [-0.2, -0.15) is 0 Å². The summed E-state index contributed by atoms with van der Waals surface area (Å²) in [6.45, 7) is 0. The number of hydrogen-bond donors (Lipinski definition) is 1. The van der Waals surface area contributed by atoms with Gasteiger partial charge in [0.25, 0.3) is 0 Å². The number of fused-ring (bicyclic) bond motifs is 1. The van der Waals surface area contributed by atoms with Gasteiger partial charge in [0.15, 0.2) is 0 Å². The highest BCUT2D eigenvalue weighted by molar-refractivity contribution is 5.90. The number of hydrogen-bond acceptors (Lipinski definition) is 5. The summed E-state index contributed by atoms with van der Waals surface area (Å²) < 4.78 is 3.90. The monoisotopic (exact) mass is 483 g/mol. The second kappa shape index (κ2) is 9.48. The molecule has 0 bridgehead atoms. The highest BCUT2D eigenvalue weighted by Gasteiger charge is 2.53. The van der Waals surface area contributed by atoms with Crippen molar-refractivity contribution in [2.45, 2.75) is 69.7 Å². The van der Waals surface area contributed by atoms with Crippen LogP contribution in [0.3, 0.4) is 0 Å². The zero-order chi connectivity index (χ0) is 24.5. The predicted molar refractivity (Wildman–Crippen MR) is 138 cm³/mol. The van der Waals surface area contributed by atoms with Crippen LogP contribution < -0.4 is 5.73 Å². The Bertz CT molecular complexity index is 1330. The highest BCUT2D eigenvalue weighted by Crippen LogP contribution is 2.50. The maximum absolute atomic E-state index is 13.9. The molecule has 6 rings (SSSR count). The molecule has 0 unspecified atom stereocenters. The molecule has 8 nitrogen and oxygen atoms in total. The minimum atomic E-state index is -0.808. The standard InChI is InChI=1S/C28H33N7O/c29-27(36)28(21-11-3-1-4-12-21,22-13-5-2-6-14-22)35-25-17-8-7-16-24(25)31-26(35)20-10-9-15-23(18-20)34-19-30-32-33-34/h7-10,15-19,21-22H,1-6,11-14H2,(H2,29,36). The molecule has 4 aromatic rings. The molecular weight excluding hydrogens is 450 g/mol. The maximum Gasteiger partial charge on any atom is 0.244 e. The van der Waals surface area contributed by atoms with Gasteiger partial charge in [-0.1, -0.05) is 62.8 Å². The fraction of sp³-hybridized carbons (Fsp3) is 0.464. The van der Waals surface area contributed by atoms with Crippen molar-refractivity contribution in [1.82, 2.24) is 29.8 Å². The van der Waals surface area contributed by atoms with Crippen molar-refractivity contribution in [2.24, 2.45) is 17.6 Å². The average Bonchev–Trinajstić information content (AvgIpc) is 3.60. The lowest BCUT2D eigenvalue weighted by molar-refractivity contribution is -0.135. The molecular formula is C28H33N7O. The van der Waals surface area contributed by atoms with Crippen LogP contribution in [0.25, 0.3) is 28.1 Å². The number of carbonyl (C=O) groups is 1. The fourth-order valence-electron chi connectivity index (χ4n) is 6.96. The van der Waals surface area contributed by atoms with Gasteiger partial charge in [-0.15, -0.1) is 5.10 Å². The van der Waals surface area contributed by atoms with Crippen molar-refractivity contribution in [1.29, 1.82) is 0 Å². The van der Waals surface area contributed by atoms with E-state index in [0.717, 1.165) is 79.5 Å². The molecule has 0 atom stereocenters. The molecule has 2 heterocycles. The van der Waals surface area contributed by atoms with Crippen molar-refractivity contribution in [3.05, 3.63) is 54.9 Å². The van der Waals surface area contributed by atoms with E-state index >= 15 is 0 Å².